The number of carbonyl (C=O) groups excluding carboxylic acids is 6. The van der Waals surface area contributed by atoms with Crippen molar-refractivity contribution in [2.45, 2.75) is 69.5 Å². The van der Waals surface area contributed by atoms with E-state index in [-0.39, 0.29) is 31.2 Å². The summed E-state index contributed by atoms with van der Waals surface area (Å²) in [5.41, 5.74) is 17.1. The van der Waals surface area contributed by atoms with Gasteiger partial charge in [-0.25, -0.2) is 0 Å². The first-order valence-electron chi connectivity index (χ1n) is 13.5. The molecule has 0 aromatic heterocycles. The Morgan fingerprint density at radius 1 is 0.976 bits per heavy atom. The highest BCUT2D eigenvalue weighted by atomic mass is 32.2. The van der Waals surface area contributed by atoms with Crippen LogP contribution >= 0.6 is 11.8 Å². The lowest BCUT2D eigenvalue weighted by Gasteiger charge is -2.30. The number of carbonyl (C=O) groups is 6. The van der Waals surface area contributed by atoms with Gasteiger partial charge < -0.3 is 38.1 Å². The Bertz CT molecular complexity index is 1090. The predicted molar refractivity (Wildman–Crippen MR) is 155 cm³/mol. The third-order valence-corrected chi connectivity index (χ3v) is 7.49. The molecule has 1 aromatic rings. The summed E-state index contributed by atoms with van der Waals surface area (Å²) >= 11 is 1.42. The van der Waals surface area contributed by atoms with Gasteiger partial charge in [-0.2, -0.15) is 11.8 Å². The normalized spacial score (nSPS) is 16.9. The van der Waals surface area contributed by atoms with E-state index in [1.165, 1.54) is 16.7 Å². The van der Waals surface area contributed by atoms with Crippen molar-refractivity contribution < 1.29 is 28.8 Å². The number of nitrogens with two attached hydrogens (primary N) is 3. The van der Waals surface area contributed by atoms with E-state index in [0.717, 1.165) is 5.56 Å². The number of likely N-dealkylation sites (tertiary alicyclic amines) is 1. The van der Waals surface area contributed by atoms with Gasteiger partial charge in [0.15, 0.2) is 0 Å². The van der Waals surface area contributed by atoms with Crippen molar-refractivity contribution in [1.29, 1.82) is 0 Å². The third kappa shape index (κ3) is 11.4. The molecule has 0 aliphatic carbocycles. The van der Waals surface area contributed by atoms with Crippen LogP contribution in [0.1, 0.15) is 45.1 Å². The quantitative estimate of drug-likeness (QED) is 0.136. The van der Waals surface area contributed by atoms with Gasteiger partial charge in [-0.05, 0) is 30.7 Å². The van der Waals surface area contributed by atoms with Gasteiger partial charge in [0.25, 0.3) is 0 Å². The van der Waals surface area contributed by atoms with Crippen molar-refractivity contribution in [1.82, 2.24) is 20.9 Å². The second-order valence-corrected chi connectivity index (χ2v) is 11.4. The van der Waals surface area contributed by atoms with Crippen molar-refractivity contribution in [3.63, 3.8) is 0 Å². The van der Waals surface area contributed by atoms with Crippen molar-refractivity contribution >= 4 is 47.2 Å². The zero-order chi connectivity index (χ0) is 30.5. The van der Waals surface area contributed by atoms with Crippen LogP contribution in [0.15, 0.2) is 30.3 Å². The summed E-state index contributed by atoms with van der Waals surface area (Å²) in [5, 5.41) is 7.77. The highest BCUT2D eigenvalue weighted by Gasteiger charge is 2.39. The summed E-state index contributed by atoms with van der Waals surface area (Å²) in [6.45, 7) is 3.68. The van der Waals surface area contributed by atoms with E-state index >= 15 is 0 Å². The van der Waals surface area contributed by atoms with E-state index in [1.807, 2.05) is 44.2 Å². The van der Waals surface area contributed by atoms with E-state index in [2.05, 4.69) is 16.0 Å². The lowest BCUT2D eigenvalue weighted by atomic mass is 10.0. The fraction of sp³-hybridized carbons (Fsp3) is 0.556. The predicted octanol–water partition coefficient (Wildman–Crippen LogP) is -1.27. The molecule has 0 radical (unpaired) electrons. The molecule has 1 aromatic carbocycles. The molecule has 0 unspecified atom stereocenters. The van der Waals surface area contributed by atoms with Crippen LogP contribution in [0.4, 0.5) is 0 Å². The summed E-state index contributed by atoms with van der Waals surface area (Å²) in [6, 6.07) is 5.55. The topological polar surface area (TPSA) is 220 Å². The SMILES string of the molecule is CC(C)C[C@H](NC(=O)[C@@H]1CCCN1C(=O)[C@H](CSCc1ccccc1)NC(=O)[C@@H](N)CC(N)=O)C(=O)NCC(N)=O. The molecule has 9 N–H and O–H groups in total. The highest BCUT2D eigenvalue weighted by Crippen LogP contribution is 2.21. The number of amides is 6. The molecule has 14 heteroatoms. The molecule has 1 saturated heterocycles. The minimum atomic E-state index is -1.23. The number of thioether (sulfide) groups is 1. The fourth-order valence-corrected chi connectivity index (χ4v) is 5.41. The number of nitrogens with one attached hydrogen (secondary N) is 3. The second kappa shape index (κ2) is 16.6. The number of benzene rings is 1. The second-order valence-electron chi connectivity index (χ2n) is 10.4. The van der Waals surface area contributed by atoms with Gasteiger partial charge in [-0.3, -0.25) is 28.8 Å². The Kier molecular flexibility index (Phi) is 13.6. The number of hydrogen-bond donors (Lipinski definition) is 6. The Morgan fingerprint density at radius 3 is 2.27 bits per heavy atom. The lowest BCUT2D eigenvalue weighted by molar-refractivity contribution is -0.142. The van der Waals surface area contributed by atoms with Crippen LogP contribution < -0.4 is 33.2 Å². The van der Waals surface area contributed by atoms with Crippen molar-refractivity contribution in [3.8, 4) is 0 Å². The Hall–Kier alpha value is -3.65. The summed E-state index contributed by atoms with van der Waals surface area (Å²) in [6.07, 6.45) is 0.844. The van der Waals surface area contributed by atoms with Crippen LogP contribution in [-0.2, 0) is 34.5 Å². The van der Waals surface area contributed by atoms with Crippen LogP contribution in [-0.4, -0.2) is 83.4 Å². The average Bonchev–Trinajstić information content (AvgIpc) is 3.40. The van der Waals surface area contributed by atoms with Crippen LogP contribution in [0.3, 0.4) is 0 Å². The fourth-order valence-electron chi connectivity index (χ4n) is 4.40. The Labute approximate surface area is 244 Å². The number of nitrogens with zero attached hydrogens (tertiary/aromatic N) is 1. The maximum atomic E-state index is 13.7. The maximum Gasteiger partial charge on any atom is 0.246 e. The molecule has 2 rings (SSSR count). The third-order valence-electron chi connectivity index (χ3n) is 6.38. The molecule has 6 amide bonds. The van der Waals surface area contributed by atoms with Crippen molar-refractivity contribution in [3.05, 3.63) is 35.9 Å². The van der Waals surface area contributed by atoms with Gasteiger partial charge in [-0.1, -0.05) is 44.2 Å². The molecule has 41 heavy (non-hydrogen) atoms. The molecular weight excluding hydrogens is 550 g/mol. The zero-order valence-corrected chi connectivity index (χ0v) is 24.3. The Balaban J connectivity index is 2.16. The molecule has 1 aliphatic rings. The van der Waals surface area contributed by atoms with Gasteiger partial charge >= 0.3 is 0 Å². The first kappa shape index (κ1) is 33.6. The van der Waals surface area contributed by atoms with Crippen LogP contribution in [0.2, 0.25) is 0 Å². The molecule has 0 bridgehead atoms. The van der Waals surface area contributed by atoms with E-state index in [9.17, 15) is 28.8 Å². The van der Waals surface area contributed by atoms with Crippen LogP contribution in [0, 0.1) is 5.92 Å². The molecule has 226 valence electrons. The summed E-state index contributed by atoms with van der Waals surface area (Å²) < 4.78 is 0. The van der Waals surface area contributed by atoms with Crippen LogP contribution in [0.5, 0.6) is 0 Å². The number of primary amides is 2. The molecular formula is C27H41N7O6S. The molecule has 1 fully saturated rings. The smallest absolute Gasteiger partial charge is 0.246 e. The van der Waals surface area contributed by atoms with E-state index < -0.39 is 59.6 Å². The molecule has 1 heterocycles. The lowest BCUT2D eigenvalue weighted by Crippen LogP contribution is -2.58. The van der Waals surface area contributed by atoms with Crippen molar-refractivity contribution in [2.24, 2.45) is 23.1 Å². The first-order chi connectivity index (χ1) is 19.4. The highest BCUT2D eigenvalue weighted by molar-refractivity contribution is 7.98. The van der Waals surface area contributed by atoms with Gasteiger partial charge in [0.05, 0.1) is 19.0 Å². The van der Waals surface area contributed by atoms with E-state index in [1.54, 1.807) is 0 Å². The first-order valence-corrected chi connectivity index (χ1v) is 14.7. The van der Waals surface area contributed by atoms with E-state index in [4.69, 9.17) is 17.2 Å². The van der Waals surface area contributed by atoms with Gasteiger partial charge in [0.1, 0.15) is 18.1 Å². The monoisotopic (exact) mass is 591 g/mol. The molecule has 0 saturated carbocycles. The summed E-state index contributed by atoms with van der Waals surface area (Å²) in [7, 11) is 0. The van der Waals surface area contributed by atoms with Gasteiger partial charge in [0, 0.05) is 18.1 Å². The summed E-state index contributed by atoms with van der Waals surface area (Å²) in [5.74, 6) is -2.88. The number of rotatable bonds is 16. The summed E-state index contributed by atoms with van der Waals surface area (Å²) in [4.78, 5) is 76.1. The minimum absolute atomic E-state index is 0.0479. The molecule has 0 spiro atoms. The number of hydrogen-bond acceptors (Lipinski definition) is 8. The Morgan fingerprint density at radius 2 is 1.66 bits per heavy atom. The van der Waals surface area contributed by atoms with Gasteiger partial charge in [-0.15, -0.1) is 0 Å². The molecule has 13 nitrogen and oxygen atoms in total. The van der Waals surface area contributed by atoms with Crippen LogP contribution in [0.25, 0.3) is 0 Å². The zero-order valence-electron chi connectivity index (χ0n) is 23.5. The maximum absolute atomic E-state index is 13.7. The largest absolute Gasteiger partial charge is 0.370 e. The van der Waals surface area contributed by atoms with Crippen molar-refractivity contribution in [2.75, 3.05) is 18.8 Å². The molecule has 1 aliphatic heterocycles. The van der Waals surface area contributed by atoms with E-state index in [0.29, 0.717) is 25.0 Å². The molecule has 4 atom stereocenters. The standard InChI is InChI=1S/C27H41N7O6S/c1-16(2)11-19(25(38)31-13-23(30)36)32-26(39)21-9-6-10-34(21)27(40)20(33-24(37)18(28)12-22(29)35)15-41-14-17-7-4-3-5-8-17/h3-5,7-8,16,18-21H,6,9-15,28H2,1-2H3,(H2,29,35)(H2,30,36)(H,31,38)(H,32,39)(H,33,37)/t18-,19-,20-,21-/m0/s1. The van der Waals surface area contributed by atoms with Gasteiger partial charge in [0.2, 0.25) is 35.4 Å². The minimum Gasteiger partial charge on any atom is -0.370 e. The average molecular weight is 592 g/mol.